The highest BCUT2D eigenvalue weighted by molar-refractivity contribution is 6.18. The van der Waals surface area contributed by atoms with E-state index in [9.17, 15) is 0 Å². The average Bonchev–Trinajstić information content (AvgIpc) is 2.40. The standard InChI is InChI=1S/C15H22ClN/c1-13(11-16)12-17-9-7-15(8-10-17)14-5-3-2-4-6-14/h2-6,13,15H,7-12H2,1H3. The molecule has 1 saturated heterocycles. The van der Waals surface area contributed by atoms with Gasteiger partial charge in [-0.15, -0.1) is 11.6 Å². The van der Waals surface area contributed by atoms with Crippen LogP contribution in [-0.4, -0.2) is 30.4 Å². The number of halogens is 1. The molecule has 1 aromatic rings. The number of rotatable bonds is 4. The zero-order valence-electron chi connectivity index (χ0n) is 10.6. The summed E-state index contributed by atoms with van der Waals surface area (Å²) in [6, 6.07) is 10.9. The van der Waals surface area contributed by atoms with Crippen LogP contribution >= 0.6 is 11.6 Å². The van der Waals surface area contributed by atoms with Crippen LogP contribution in [0.2, 0.25) is 0 Å². The average molecular weight is 252 g/mol. The second-order valence-electron chi connectivity index (χ2n) is 5.25. The van der Waals surface area contributed by atoms with Gasteiger partial charge in [0.2, 0.25) is 0 Å². The molecule has 0 spiro atoms. The van der Waals surface area contributed by atoms with Crippen LogP contribution in [0.25, 0.3) is 0 Å². The molecule has 0 bridgehead atoms. The van der Waals surface area contributed by atoms with Crippen LogP contribution in [-0.2, 0) is 0 Å². The third-order valence-corrected chi connectivity index (χ3v) is 4.22. The van der Waals surface area contributed by atoms with Gasteiger partial charge in [-0.25, -0.2) is 0 Å². The number of hydrogen-bond donors (Lipinski definition) is 0. The normalized spacial score (nSPS) is 20.4. The maximum atomic E-state index is 5.87. The molecule has 0 radical (unpaired) electrons. The first-order chi connectivity index (χ1) is 8.29. The van der Waals surface area contributed by atoms with Gasteiger partial charge in [-0.3, -0.25) is 0 Å². The molecule has 1 aliphatic rings. The van der Waals surface area contributed by atoms with Gasteiger partial charge in [0, 0.05) is 12.4 Å². The lowest BCUT2D eigenvalue weighted by atomic mass is 9.89. The number of alkyl halides is 1. The van der Waals surface area contributed by atoms with Crippen LogP contribution in [0, 0.1) is 5.92 Å². The van der Waals surface area contributed by atoms with Crippen LogP contribution < -0.4 is 0 Å². The summed E-state index contributed by atoms with van der Waals surface area (Å²) in [6.45, 7) is 5.84. The number of nitrogens with zero attached hydrogens (tertiary/aromatic N) is 1. The summed E-state index contributed by atoms with van der Waals surface area (Å²) in [4.78, 5) is 2.56. The lowest BCUT2D eigenvalue weighted by Crippen LogP contribution is -2.36. The van der Waals surface area contributed by atoms with Crippen molar-refractivity contribution in [2.75, 3.05) is 25.5 Å². The van der Waals surface area contributed by atoms with E-state index in [1.54, 1.807) is 0 Å². The maximum absolute atomic E-state index is 5.87. The summed E-state index contributed by atoms with van der Waals surface area (Å²) in [5, 5.41) is 0. The van der Waals surface area contributed by atoms with Crippen molar-refractivity contribution >= 4 is 11.6 Å². The first-order valence-corrected chi connectivity index (χ1v) is 7.16. The van der Waals surface area contributed by atoms with Gasteiger partial charge < -0.3 is 4.90 Å². The van der Waals surface area contributed by atoms with E-state index in [0.717, 1.165) is 18.3 Å². The van der Waals surface area contributed by atoms with E-state index in [0.29, 0.717) is 5.92 Å². The fourth-order valence-electron chi connectivity index (χ4n) is 2.66. The van der Waals surface area contributed by atoms with Crippen LogP contribution in [0.15, 0.2) is 30.3 Å². The van der Waals surface area contributed by atoms with Crippen molar-refractivity contribution < 1.29 is 0 Å². The predicted octanol–water partition coefficient (Wildman–Crippen LogP) is 3.74. The van der Waals surface area contributed by atoms with Crippen molar-refractivity contribution in [1.29, 1.82) is 0 Å². The number of benzene rings is 1. The Morgan fingerprint density at radius 1 is 1.24 bits per heavy atom. The molecule has 1 aromatic carbocycles. The fraction of sp³-hybridized carbons (Fsp3) is 0.600. The third-order valence-electron chi connectivity index (χ3n) is 3.69. The van der Waals surface area contributed by atoms with Gasteiger partial charge in [0.1, 0.15) is 0 Å². The van der Waals surface area contributed by atoms with Crippen LogP contribution in [0.4, 0.5) is 0 Å². The molecule has 1 heterocycles. The van der Waals surface area contributed by atoms with Crippen molar-refractivity contribution in [2.45, 2.75) is 25.7 Å². The van der Waals surface area contributed by atoms with Crippen LogP contribution in [0.1, 0.15) is 31.2 Å². The highest BCUT2D eigenvalue weighted by Crippen LogP contribution is 2.27. The zero-order valence-corrected chi connectivity index (χ0v) is 11.4. The molecular weight excluding hydrogens is 230 g/mol. The molecule has 1 fully saturated rings. The number of hydrogen-bond acceptors (Lipinski definition) is 1. The zero-order chi connectivity index (χ0) is 12.1. The molecule has 0 aliphatic carbocycles. The van der Waals surface area contributed by atoms with Gasteiger partial charge in [-0.1, -0.05) is 37.3 Å². The van der Waals surface area contributed by atoms with Gasteiger partial charge >= 0.3 is 0 Å². The molecule has 2 rings (SSSR count). The molecule has 1 atom stereocenters. The Kier molecular flexibility index (Phi) is 4.87. The van der Waals surface area contributed by atoms with Gasteiger partial charge in [0.15, 0.2) is 0 Å². The van der Waals surface area contributed by atoms with Crippen LogP contribution in [0.5, 0.6) is 0 Å². The summed E-state index contributed by atoms with van der Waals surface area (Å²) in [5.41, 5.74) is 1.51. The van der Waals surface area contributed by atoms with E-state index in [4.69, 9.17) is 11.6 Å². The minimum Gasteiger partial charge on any atom is -0.303 e. The van der Waals surface area contributed by atoms with E-state index < -0.39 is 0 Å². The number of likely N-dealkylation sites (tertiary alicyclic amines) is 1. The van der Waals surface area contributed by atoms with Crippen molar-refractivity contribution in [1.82, 2.24) is 4.90 Å². The molecule has 17 heavy (non-hydrogen) atoms. The van der Waals surface area contributed by atoms with Crippen molar-refractivity contribution in [3.63, 3.8) is 0 Å². The van der Waals surface area contributed by atoms with Gasteiger partial charge in [0.05, 0.1) is 0 Å². The smallest absolute Gasteiger partial charge is 0.0261 e. The second-order valence-corrected chi connectivity index (χ2v) is 5.55. The van der Waals surface area contributed by atoms with E-state index in [1.165, 1.54) is 31.5 Å². The molecule has 1 aliphatic heterocycles. The first kappa shape index (κ1) is 12.9. The quantitative estimate of drug-likeness (QED) is 0.737. The van der Waals surface area contributed by atoms with E-state index in [-0.39, 0.29) is 0 Å². The molecule has 1 unspecified atom stereocenters. The first-order valence-electron chi connectivity index (χ1n) is 6.63. The molecule has 1 nitrogen and oxygen atoms in total. The molecule has 0 aromatic heterocycles. The minimum absolute atomic E-state index is 0.616. The Morgan fingerprint density at radius 3 is 2.47 bits per heavy atom. The second kappa shape index (κ2) is 6.42. The fourth-order valence-corrected chi connectivity index (χ4v) is 2.76. The summed E-state index contributed by atoms with van der Waals surface area (Å²) < 4.78 is 0. The highest BCUT2D eigenvalue weighted by atomic mass is 35.5. The maximum Gasteiger partial charge on any atom is 0.0261 e. The highest BCUT2D eigenvalue weighted by Gasteiger charge is 2.21. The van der Waals surface area contributed by atoms with Gasteiger partial charge in [-0.05, 0) is 43.3 Å². The summed E-state index contributed by atoms with van der Waals surface area (Å²) in [7, 11) is 0. The minimum atomic E-state index is 0.616. The van der Waals surface area contributed by atoms with Crippen molar-refractivity contribution in [3.8, 4) is 0 Å². The Balaban J connectivity index is 1.82. The molecule has 0 amide bonds. The van der Waals surface area contributed by atoms with E-state index in [2.05, 4.69) is 42.2 Å². The van der Waals surface area contributed by atoms with Crippen molar-refractivity contribution in [2.24, 2.45) is 5.92 Å². The largest absolute Gasteiger partial charge is 0.303 e. The van der Waals surface area contributed by atoms with Gasteiger partial charge in [-0.2, -0.15) is 0 Å². The Bertz CT molecular complexity index is 317. The Labute approximate surface area is 110 Å². The third kappa shape index (κ3) is 3.72. The monoisotopic (exact) mass is 251 g/mol. The Hall–Kier alpha value is -0.530. The molecule has 0 N–H and O–H groups in total. The predicted molar refractivity (Wildman–Crippen MR) is 74.7 cm³/mol. The molecule has 2 heteroatoms. The van der Waals surface area contributed by atoms with Gasteiger partial charge in [0.25, 0.3) is 0 Å². The lowest BCUT2D eigenvalue weighted by Gasteiger charge is -2.33. The summed E-state index contributed by atoms with van der Waals surface area (Å²) in [5.74, 6) is 2.15. The molecule has 94 valence electrons. The van der Waals surface area contributed by atoms with E-state index >= 15 is 0 Å². The lowest BCUT2D eigenvalue weighted by molar-refractivity contribution is 0.193. The number of piperidine rings is 1. The summed E-state index contributed by atoms with van der Waals surface area (Å²) in [6.07, 6.45) is 2.58. The topological polar surface area (TPSA) is 3.24 Å². The van der Waals surface area contributed by atoms with E-state index in [1.807, 2.05) is 0 Å². The molecular formula is C15H22ClN. The van der Waals surface area contributed by atoms with Crippen LogP contribution in [0.3, 0.4) is 0 Å². The SMILES string of the molecule is CC(CCl)CN1CCC(c2ccccc2)CC1. The molecule has 0 saturated carbocycles. The Morgan fingerprint density at radius 2 is 1.88 bits per heavy atom. The van der Waals surface area contributed by atoms with Crippen molar-refractivity contribution in [3.05, 3.63) is 35.9 Å². The summed E-state index contributed by atoms with van der Waals surface area (Å²) >= 11 is 5.87.